The lowest BCUT2D eigenvalue weighted by atomic mass is 9.91. The number of para-hydroxylation sites is 2. The van der Waals surface area contributed by atoms with Crippen LogP contribution in [0.15, 0.2) is 60.7 Å². The monoisotopic (exact) mass is 382 g/mol. The second kappa shape index (κ2) is 8.56. The highest BCUT2D eigenvalue weighted by Crippen LogP contribution is 2.31. The molecule has 28 heavy (non-hydrogen) atoms. The summed E-state index contributed by atoms with van der Waals surface area (Å²) in [5, 5.41) is 9.33. The molecule has 0 unspecified atom stereocenters. The van der Waals surface area contributed by atoms with Crippen LogP contribution in [0.5, 0.6) is 0 Å². The molecule has 2 amide bonds. The van der Waals surface area contributed by atoms with Crippen LogP contribution < -0.4 is 4.90 Å². The van der Waals surface area contributed by atoms with E-state index in [-0.39, 0.29) is 19.4 Å². The van der Waals surface area contributed by atoms with Gasteiger partial charge in [0.1, 0.15) is 6.04 Å². The number of nitrogens with zero attached hydrogens (tertiary/aromatic N) is 2. The molecule has 0 spiro atoms. The molecule has 1 fully saturated rings. The van der Waals surface area contributed by atoms with Crippen LogP contribution in [-0.4, -0.2) is 47.7 Å². The second-order valence-electron chi connectivity index (χ2n) is 6.58. The molecule has 7 nitrogen and oxygen atoms in total. The van der Waals surface area contributed by atoms with Gasteiger partial charge in [0.2, 0.25) is 0 Å². The van der Waals surface area contributed by atoms with Crippen molar-refractivity contribution in [2.24, 2.45) is 5.92 Å². The molecule has 0 aromatic heterocycles. The van der Waals surface area contributed by atoms with Gasteiger partial charge in [-0.3, -0.25) is 9.69 Å². The average Bonchev–Trinajstić information content (AvgIpc) is 2.74. The number of hydrogen-bond acceptors (Lipinski definition) is 4. The highest BCUT2D eigenvalue weighted by molar-refractivity contribution is 6.01. The van der Waals surface area contributed by atoms with Crippen LogP contribution in [0.1, 0.15) is 12.8 Å². The number of likely N-dealkylation sites (tertiary alicyclic amines) is 1. The van der Waals surface area contributed by atoms with Gasteiger partial charge in [-0.2, -0.15) is 0 Å². The van der Waals surface area contributed by atoms with Gasteiger partial charge in [0.15, 0.2) is 0 Å². The number of carboxylic acids is 1. The van der Waals surface area contributed by atoms with Crippen LogP contribution in [0.4, 0.5) is 16.2 Å². The summed E-state index contributed by atoms with van der Waals surface area (Å²) < 4.78 is 4.85. The van der Waals surface area contributed by atoms with Crippen LogP contribution in [0, 0.1) is 5.92 Å². The maximum atomic E-state index is 13.5. The standard InChI is InChI=1S/C21H22N2O5/c1-28-20(26)18-14-15(19(24)25)12-13-22(18)21(27)23(16-8-4-2-5-9-16)17-10-6-3-7-11-17/h2-11,15,18H,12-14H2,1H3,(H,24,25)/t15-,18-/m0/s1. The number of carboxylic acid groups (broad SMARTS) is 1. The van der Waals surface area contributed by atoms with E-state index in [1.54, 1.807) is 0 Å². The minimum Gasteiger partial charge on any atom is -0.481 e. The molecule has 1 heterocycles. The summed E-state index contributed by atoms with van der Waals surface area (Å²) in [5.74, 6) is -2.26. The molecule has 0 saturated carbocycles. The highest BCUT2D eigenvalue weighted by Gasteiger charge is 2.41. The lowest BCUT2D eigenvalue weighted by Crippen LogP contribution is -2.55. The van der Waals surface area contributed by atoms with E-state index >= 15 is 0 Å². The van der Waals surface area contributed by atoms with Crippen molar-refractivity contribution in [2.75, 3.05) is 18.6 Å². The van der Waals surface area contributed by atoms with E-state index in [4.69, 9.17) is 4.74 Å². The molecule has 2 atom stereocenters. The maximum absolute atomic E-state index is 13.5. The average molecular weight is 382 g/mol. The van der Waals surface area contributed by atoms with Gasteiger partial charge < -0.3 is 14.7 Å². The Morgan fingerprint density at radius 2 is 1.54 bits per heavy atom. The number of aliphatic carboxylic acids is 1. The van der Waals surface area contributed by atoms with Gasteiger partial charge in [-0.1, -0.05) is 36.4 Å². The van der Waals surface area contributed by atoms with Crippen LogP contribution >= 0.6 is 0 Å². The number of carbonyl (C=O) groups is 3. The van der Waals surface area contributed by atoms with Crippen LogP contribution in [0.2, 0.25) is 0 Å². The summed E-state index contributed by atoms with van der Waals surface area (Å²) in [5.41, 5.74) is 1.31. The van der Waals surface area contributed by atoms with E-state index in [1.807, 2.05) is 60.7 Å². The Hall–Kier alpha value is -3.35. The number of carbonyl (C=O) groups excluding carboxylic acids is 2. The molecule has 3 rings (SSSR count). The second-order valence-corrected chi connectivity index (χ2v) is 6.58. The predicted molar refractivity (Wildman–Crippen MR) is 103 cm³/mol. The molecule has 0 radical (unpaired) electrons. The van der Waals surface area contributed by atoms with Gasteiger partial charge in [0.05, 0.1) is 24.4 Å². The first kappa shape index (κ1) is 19.4. The Morgan fingerprint density at radius 3 is 2.00 bits per heavy atom. The van der Waals surface area contributed by atoms with Crippen molar-refractivity contribution in [2.45, 2.75) is 18.9 Å². The highest BCUT2D eigenvalue weighted by atomic mass is 16.5. The van der Waals surface area contributed by atoms with Crippen molar-refractivity contribution in [3.8, 4) is 0 Å². The third kappa shape index (κ3) is 3.98. The molecular weight excluding hydrogens is 360 g/mol. The summed E-state index contributed by atoms with van der Waals surface area (Å²) in [6, 6.07) is 16.9. The first-order valence-electron chi connectivity index (χ1n) is 9.04. The van der Waals surface area contributed by atoms with Gasteiger partial charge in [-0.05, 0) is 37.1 Å². The zero-order valence-electron chi connectivity index (χ0n) is 15.5. The minimum absolute atomic E-state index is 0.0329. The van der Waals surface area contributed by atoms with Gasteiger partial charge in [0.25, 0.3) is 0 Å². The first-order chi connectivity index (χ1) is 13.5. The van der Waals surface area contributed by atoms with Crippen molar-refractivity contribution in [3.05, 3.63) is 60.7 Å². The maximum Gasteiger partial charge on any atom is 0.329 e. The number of amides is 2. The summed E-state index contributed by atoms with van der Waals surface area (Å²) in [6.45, 7) is 0.158. The lowest BCUT2D eigenvalue weighted by Gasteiger charge is -2.39. The summed E-state index contributed by atoms with van der Waals surface area (Å²) >= 11 is 0. The van der Waals surface area contributed by atoms with E-state index in [1.165, 1.54) is 16.9 Å². The van der Waals surface area contributed by atoms with E-state index < -0.39 is 29.9 Å². The quantitative estimate of drug-likeness (QED) is 0.820. The Labute approximate surface area is 163 Å². The molecule has 7 heteroatoms. The molecule has 0 aliphatic carbocycles. The fourth-order valence-electron chi connectivity index (χ4n) is 3.43. The number of esters is 1. The zero-order chi connectivity index (χ0) is 20.1. The largest absolute Gasteiger partial charge is 0.481 e. The third-order valence-corrected chi connectivity index (χ3v) is 4.89. The predicted octanol–water partition coefficient (Wildman–Crippen LogP) is 3.28. The molecular formula is C21H22N2O5. The minimum atomic E-state index is -0.969. The smallest absolute Gasteiger partial charge is 0.329 e. The van der Waals surface area contributed by atoms with Crippen molar-refractivity contribution >= 4 is 29.3 Å². The normalized spacial score (nSPS) is 19.0. The van der Waals surface area contributed by atoms with Gasteiger partial charge in [0, 0.05) is 6.54 Å². The fraction of sp³-hybridized carbons (Fsp3) is 0.286. The third-order valence-electron chi connectivity index (χ3n) is 4.89. The van der Waals surface area contributed by atoms with E-state index in [2.05, 4.69) is 0 Å². The van der Waals surface area contributed by atoms with E-state index in [0.29, 0.717) is 11.4 Å². The van der Waals surface area contributed by atoms with Crippen LogP contribution in [0.3, 0.4) is 0 Å². The number of anilines is 2. The molecule has 2 aromatic carbocycles. The van der Waals surface area contributed by atoms with E-state index in [9.17, 15) is 19.5 Å². The number of ether oxygens (including phenoxy) is 1. The van der Waals surface area contributed by atoms with Gasteiger partial charge in [-0.15, -0.1) is 0 Å². The fourth-order valence-corrected chi connectivity index (χ4v) is 3.43. The van der Waals surface area contributed by atoms with Crippen molar-refractivity contribution in [1.82, 2.24) is 4.90 Å². The molecule has 1 aliphatic heterocycles. The number of urea groups is 1. The number of rotatable bonds is 4. The van der Waals surface area contributed by atoms with Crippen LogP contribution in [0.25, 0.3) is 0 Å². The van der Waals surface area contributed by atoms with Gasteiger partial charge in [-0.25, -0.2) is 9.59 Å². The molecule has 146 valence electrons. The number of methoxy groups -OCH3 is 1. The number of piperidine rings is 1. The first-order valence-corrected chi connectivity index (χ1v) is 9.04. The molecule has 1 aliphatic rings. The van der Waals surface area contributed by atoms with Crippen molar-refractivity contribution in [3.63, 3.8) is 0 Å². The Balaban J connectivity index is 1.97. The molecule has 2 aromatic rings. The SMILES string of the molecule is COC(=O)[C@@H]1C[C@@H](C(=O)O)CCN1C(=O)N(c1ccccc1)c1ccccc1. The summed E-state index contributed by atoms with van der Waals surface area (Å²) in [7, 11) is 1.24. The zero-order valence-corrected chi connectivity index (χ0v) is 15.5. The molecule has 1 N–H and O–H groups in total. The Bertz CT molecular complexity index is 801. The molecule has 1 saturated heterocycles. The Morgan fingerprint density at radius 1 is 1.00 bits per heavy atom. The Kier molecular flexibility index (Phi) is 5.93. The summed E-state index contributed by atoms with van der Waals surface area (Å²) in [6.07, 6.45) is 0.317. The lowest BCUT2D eigenvalue weighted by molar-refractivity contribution is -0.151. The van der Waals surface area contributed by atoms with Crippen LogP contribution in [-0.2, 0) is 14.3 Å². The number of benzene rings is 2. The van der Waals surface area contributed by atoms with Crippen molar-refractivity contribution in [1.29, 1.82) is 0 Å². The van der Waals surface area contributed by atoms with E-state index in [0.717, 1.165) is 0 Å². The molecule has 0 bridgehead atoms. The number of hydrogen-bond donors (Lipinski definition) is 1. The topological polar surface area (TPSA) is 87.1 Å². The summed E-state index contributed by atoms with van der Waals surface area (Å²) in [4.78, 5) is 40.2. The van der Waals surface area contributed by atoms with Crippen molar-refractivity contribution < 1.29 is 24.2 Å². The van der Waals surface area contributed by atoms with Gasteiger partial charge >= 0.3 is 18.0 Å².